The van der Waals surface area contributed by atoms with Gasteiger partial charge >= 0.3 is 5.97 Å². The third kappa shape index (κ3) is 2.75. The highest BCUT2D eigenvalue weighted by atomic mass is 35.5. The van der Waals surface area contributed by atoms with E-state index < -0.39 is 11.5 Å². The van der Waals surface area contributed by atoms with Gasteiger partial charge in [-0.15, -0.1) is 0 Å². The molecular weight excluding hydrogens is 256 g/mol. The molecule has 0 amide bonds. The number of aliphatic carboxylic acids is 1. The molecule has 0 radical (unpaired) electrons. The summed E-state index contributed by atoms with van der Waals surface area (Å²) in [5, 5.41) is 9.15. The molecule has 0 aliphatic heterocycles. The Labute approximate surface area is 107 Å². The van der Waals surface area contributed by atoms with Crippen LogP contribution in [0.25, 0.3) is 11.4 Å². The van der Waals surface area contributed by atoms with Gasteiger partial charge in [-0.3, -0.25) is 9.59 Å². The smallest absolute Gasteiger partial charge is 0.308 e. The van der Waals surface area contributed by atoms with Crippen molar-refractivity contribution in [1.29, 1.82) is 0 Å². The van der Waals surface area contributed by atoms with Crippen molar-refractivity contribution in [1.82, 2.24) is 9.97 Å². The molecule has 0 spiro atoms. The van der Waals surface area contributed by atoms with Gasteiger partial charge in [0.2, 0.25) is 0 Å². The van der Waals surface area contributed by atoms with E-state index in [0.29, 0.717) is 16.4 Å². The predicted octanol–water partition coefficient (Wildman–Crippen LogP) is 1.72. The number of aromatic nitrogens is 2. The fourth-order valence-corrected chi connectivity index (χ4v) is 1.68. The van der Waals surface area contributed by atoms with Crippen molar-refractivity contribution in [2.45, 2.75) is 6.42 Å². The van der Waals surface area contributed by atoms with Gasteiger partial charge < -0.3 is 10.1 Å². The molecule has 0 fully saturated rings. The van der Waals surface area contributed by atoms with Crippen molar-refractivity contribution in [3.63, 3.8) is 0 Å². The molecule has 5 nitrogen and oxygen atoms in total. The highest BCUT2D eigenvalue weighted by Crippen LogP contribution is 2.18. The lowest BCUT2D eigenvalue weighted by Gasteiger charge is -2.02. The summed E-state index contributed by atoms with van der Waals surface area (Å²) in [5.74, 6) is -0.713. The van der Waals surface area contributed by atoms with Crippen LogP contribution in [-0.4, -0.2) is 21.0 Å². The van der Waals surface area contributed by atoms with E-state index in [-0.39, 0.29) is 12.0 Å². The SMILES string of the molecule is O=C(O)Cc1cnc(-c2cccc(Cl)c2)[nH]c1=O. The number of carboxylic acid groups (broad SMARTS) is 1. The average Bonchev–Trinajstić information content (AvgIpc) is 2.31. The zero-order valence-corrected chi connectivity index (χ0v) is 9.94. The van der Waals surface area contributed by atoms with Crippen molar-refractivity contribution in [3.05, 3.63) is 51.4 Å². The van der Waals surface area contributed by atoms with Gasteiger partial charge in [0.05, 0.1) is 6.42 Å². The summed E-state index contributed by atoms with van der Waals surface area (Å²) >= 11 is 5.84. The number of carbonyl (C=O) groups is 1. The Kier molecular flexibility index (Phi) is 3.43. The highest BCUT2D eigenvalue weighted by Gasteiger charge is 2.08. The van der Waals surface area contributed by atoms with Gasteiger partial charge in [-0.1, -0.05) is 23.7 Å². The molecule has 0 bridgehead atoms. The van der Waals surface area contributed by atoms with Crippen LogP contribution < -0.4 is 5.56 Å². The molecule has 92 valence electrons. The summed E-state index contributed by atoms with van der Waals surface area (Å²) in [6.45, 7) is 0. The Morgan fingerprint density at radius 3 is 2.83 bits per heavy atom. The van der Waals surface area contributed by atoms with Crippen molar-refractivity contribution in [3.8, 4) is 11.4 Å². The maximum atomic E-state index is 11.6. The molecule has 1 aromatic heterocycles. The Bertz CT molecular complexity index is 652. The third-order valence-corrected chi connectivity index (χ3v) is 2.55. The standard InChI is InChI=1S/C12H9ClN2O3/c13-9-3-1-2-7(4-9)11-14-6-8(5-10(16)17)12(18)15-11/h1-4,6H,5H2,(H,16,17)(H,14,15,18). The lowest BCUT2D eigenvalue weighted by Crippen LogP contribution is -2.17. The number of halogens is 1. The van der Waals surface area contributed by atoms with Gasteiger partial charge in [0.1, 0.15) is 5.82 Å². The first-order chi connectivity index (χ1) is 8.56. The Balaban J connectivity index is 2.40. The molecule has 0 aliphatic carbocycles. The molecule has 0 saturated carbocycles. The van der Waals surface area contributed by atoms with Gasteiger partial charge in [-0.25, -0.2) is 4.98 Å². The first kappa shape index (κ1) is 12.3. The van der Waals surface area contributed by atoms with Gasteiger partial charge in [-0.2, -0.15) is 0 Å². The number of hydrogen-bond donors (Lipinski definition) is 2. The van der Waals surface area contributed by atoms with Gasteiger partial charge in [-0.05, 0) is 12.1 Å². The van der Waals surface area contributed by atoms with Gasteiger partial charge in [0, 0.05) is 22.3 Å². The van der Waals surface area contributed by atoms with Crippen molar-refractivity contribution in [2.75, 3.05) is 0 Å². The molecule has 6 heteroatoms. The Hall–Kier alpha value is -2.14. The van der Waals surface area contributed by atoms with Crippen LogP contribution in [0.1, 0.15) is 5.56 Å². The normalized spacial score (nSPS) is 10.3. The van der Waals surface area contributed by atoms with Crippen molar-refractivity contribution >= 4 is 17.6 Å². The molecule has 2 N–H and O–H groups in total. The number of nitrogens with zero attached hydrogens (tertiary/aromatic N) is 1. The summed E-state index contributed by atoms with van der Waals surface area (Å²) in [5.41, 5.74) is 0.331. The summed E-state index contributed by atoms with van der Waals surface area (Å²) in [7, 11) is 0. The van der Waals surface area contributed by atoms with E-state index in [9.17, 15) is 9.59 Å². The van der Waals surface area contributed by atoms with E-state index in [1.54, 1.807) is 24.3 Å². The summed E-state index contributed by atoms with van der Waals surface area (Å²) < 4.78 is 0. The summed E-state index contributed by atoms with van der Waals surface area (Å²) in [6.07, 6.45) is 0.918. The topological polar surface area (TPSA) is 83.0 Å². The first-order valence-corrected chi connectivity index (χ1v) is 5.50. The number of aromatic amines is 1. The van der Waals surface area contributed by atoms with Crippen LogP contribution in [0.2, 0.25) is 5.02 Å². The highest BCUT2D eigenvalue weighted by molar-refractivity contribution is 6.30. The number of H-pyrrole nitrogens is 1. The van der Waals surface area contributed by atoms with E-state index >= 15 is 0 Å². The summed E-state index contributed by atoms with van der Waals surface area (Å²) in [4.78, 5) is 28.7. The van der Waals surface area contributed by atoms with Crippen LogP contribution in [-0.2, 0) is 11.2 Å². The number of carboxylic acids is 1. The maximum Gasteiger partial charge on any atom is 0.308 e. The van der Waals surface area contributed by atoms with Crippen molar-refractivity contribution < 1.29 is 9.90 Å². The summed E-state index contributed by atoms with van der Waals surface area (Å²) in [6, 6.07) is 6.86. The fourth-order valence-electron chi connectivity index (χ4n) is 1.49. The largest absolute Gasteiger partial charge is 0.481 e. The number of rotatable bonds is 3. The molecule has 0 atom stereocenters. The molecule has 0 aliphatic rings. The van der Waals surface area contributed by atoms with Crippen LogP contribution in [0.4, 0.5) is 0 Å². The second-order valence-corrected chi connectivity index (χ2v) is 4.10. The van der Waals surface area contributed by atoms with E-state index in [1.807, 2.05) is 0 Å². The predicted molar refractivity (Wildman–Crippen MR) is 66.6 cm³/mol. The molecule has 2 rings (SSSR count). The van der Waals surface area contributed by atoms with E-state index in [1.165, 1.54) is 6.20 Å². The van der Waals surface area contributed by atoms with Crippen LogP contribution in [0.5, 0.6) is 0 Å². The fraction of sp³-hybridized carbons (Fsp3) is 0.0833. The van der Waals surface area contributed by atoms with Crippen LogP contribution in [0.15, 0.2) is 35.3 Å². The maximum absolute atomic E-state index is 11.6. The second kappa shape index (κ2) is 5.01. The third-order valence-electron chi connectivity index (χ3n) is 2.31. The minimum atomic E-state index is -1.07. The number of hydrogen-bond acceptors (Lipinski definition) is 3. The molecule has 18 heavy (non-hydrogen) atoms. The Morgan fingerprint density at radius 1 is 1.44 bits per heavy atom. The monoisotopic (exact) mass is 264 g/mol. The molecule has 2 aromatic rings. The number of benzene rings is 1. The lowest BCUT2D eigenvalue weighted by molar-refractivity contribution is -0.136. The molecule has 0 saturated heterocycles. The van der Waals surface area contributed by atoms with E-state index in [4.69, 9.17) is 16.7 Å². The second-order valence-electron chi connectivity index (χ2n) is 3.67. The van der Waals surface area contributed by atoms with Crippen LogP contribution in [0, 0.1) is 0 Å². The van der Waals surface area contributed by atoms with E-state index in [2.05, 4.69) is 9.97 Å². The van der Waals surface area contributed by atoms with Crippen LogP contribution in [0.3, 0.4) is 0 Å². The molecule has 1 aromatic carbocycles. The minimum Gasteiger partial charge on any atom is -0.481 e. The zero-order chi connectivity index (χ0) is 13.1. The molecular formula is C12H9ClN2O3. The van der Waals surface area contributed by atoms with Gasteiger partial charge in [0.25, 0.3) is 5.56 Å². The average molecular weight is 265 g/mol. The Morgan fingerprint density at radius 2 is 2.22 bits per heavy atom. The van der Waals surface area contributed by atoms with E-state index in [0.717, 1.165) is 0 Å². The lowest BCUT2D eigenvalue weighted by atomic mass is 10.2. The number of nitrogens with one attached hydrogen (secondary N) is 1. The van der Waals surface area contributed by atoms with Crippen molar-refractivity contribution in [2.24, 2.45) is 0 Å². The minimum absolute atomic E-state index is 0.119. The molecule has 1 heterocycles. The first-order valence-electron chi connectivity index (χ1n) is 5.12. The van der Waals surface area contributed by atoms with Gasteiger partial charge in [0.15, 0.2) is 0 Å². The zero-order valence-electron chi connectivity index (χ0n) is 9.18. The quantitative estimate of drug-likeness (QED) is 0.884. The van der Waals surface area contributed by atoms with Crippen LogP contribution >= 0.6 is 11.6 Å². The molecule has 0 unspecified atom stereocenters.